The summed E-state index contributed by atoms with van der Waals surface area (Å²) in [6, 6.07) is 12.7. The van der Waals surface area contributed by atoms with E-state index in [9.17, 15) is 4.79 Å². The molecule has 0 amide bonds. The van der Waals surface area contributed by atoms with E-state index in [4.69, 9.17) is 21.6 Å². The van der Waals surface area contributed by atoms with Crippen LogP contribution in [0.5, 0.6) is 5.75 Å². The van der Waals surface area contributed by atoms with Crippen LogP contribution in [0.1, 0.15) is 47.8 Å². The molecule has 0 spiro atoms. The molecule has 3 aromatic heterocycles. The first-order valence-corrected chi connectivity index (χ1v) is 11.1. The van der Waals surface area contributed by atoms with E-state index in [2.05, 4.69) is 26.3 Å². The largest absolute Gasteiger partial charge is 0.483 e. The fourth-order valence-electron chi connectivity index (χ4n) is 3.33. The number of anilines is 1. The van der Waals surface area contributed by atoms with Crippen molar-refractivity contribution < 1.29 is 4.74 Å². The van der Waals surface area contributed by atoms with Crippen LogP contribution in [-0.4, -0.2) is 15.0 Å². The van der Waals surface area contributed by atoms with Crippen LogP contribution in [-0.2, 0) is 0 Å². The lowest BCUT2D eigenvalue weighted by atomic mass is 10.1. The van der Waals surface area contributed by atoms with Gasteiger partial charge >= 0.3 is 0 Å². The third-order valence-corrected chi connectivity index (χ3v) is 6.33. The Hall–Kier alpha value is -3.41. The van der Waals surface area contributed by atoms with E-state index < -0.39 is 0 Å². The second-order valence-electron chi connectivity index (χ2n) is 7.35. The number of rotatable bonds is 6. The number of hydrogen-bond acceptors (Lipinski definition) is 7. The van der Waals surface area contributed by atoms with Crippen molar-refractivity contribution in [1.82, 2.24) is 15.0 Å². The Bertz CT molecular complexity index is 1380. The maximum absolute atomic E-state index is 12.8. The van der Waals surface area contributed by atoms with Gasteiger partial charge in [0.25, 0.3) is 5.56 Å². The normalized spacial score (nSPS) is 12.8. The summed E-state index contributed by atoms with van der Waals surface area (Å²) in [4.78, 5) is 24.9. The maximum Gasteiger partial charge on any atom is 0.253 e. The number of nitrogens with zero attached hydrogens (tertiary/aromatic N) is 3. The topological polar surface area (TPSA) is 104 Å². The number of pyridine rings is 2. The van der Waals surface area contributed by atoms with Gasteiger partial charge in [0.2, 0.25) is 0 Å². The van der Waals surface area contributed by atoms with Crippen LogP contribution in [0.3, 0.4) is 0 Å². The van der Waals surface area contributed by atoms with Gasteiger partial charge in [0.1, 0.15) is 22.8 Å². The fourth-order valence-corrected chi connectivity index (χ4v) is 4.40. The predicted molar refractivity (Wildman–Crippen MR) is 126 cm³/mol. The Morgan fingerprint density at radius 3 is 2.78 bits per heavy atom. The predicted octanol–water partition coefficient (Wildman–Crippen LogP) is 5.53. The highest BCUT2D eigenvalue weighted by Gasteiger charge is 2.17. The number of aryl methyl sites for hydroxylation is 1. The highest BCUT2D eigenvalue weighted by atomic mass is 35.5. The van der Waals surface area contributed by atoms with Crippen molar-refractivity contribution in [3.05, 3.63) is 79.8 Å². The summed E-state index contributed by atoms with van der Waals surface area (Å²) in [7, 11) is 0. The zero-order valence-corrected chi connectivity index (χ0v) is 19.2. The first-order chi connectivity index (χ1) is 15.4. The third-order valence-electron chi connectivity index (χ3n) is 5.04. The summed E-state index contributed by atoms with van der Waals surface area (Å²) in [6.45, 7) is 5.54. The lowest BCUT2D eigenvalue weighted by Crippen LogP contribution is -2.19. The molecule has 2 atom stereocenters. The number of aromatic nitrogens is 3. The lowest BCUT2D eigenvalue weighted by Gasteiger charge is -2.17. The van der Waals surface area contributed by atoms with E-state index in [-0.39, 0.29) is 17.7 Å². The molecule has 162 valence electrons. The summed E-state index contributed by atoms with van der Waals surface area (Å²) in [5, 5.41) is 14.1. The number of H-pyrrole nitrogens is 1. The van der Waals surface area contributed by atoms with Gasteiger partial charge < -0.3 is 15.0 Å². The van der Waals surface area contributed by atoms with E-state index in [1.807, 2.05) is 32.0 Å². The molecule has 0 saturated heterocycles. The minimum Gasteiger partial charge on any atom is -0.483 e. The first kappa shape index (κ1) is 21.8. The van der Waals surface area contributed by atoms with Gasteiger partial charge in [0, 0.05) is 23.2 Å². The number of ether oxygens (including phenoxy) is 1. The van der Waals surface area contributed by atoms with Crippen molar-refractivity contribution >= 4 is 39.0 Å². The molecular formula is C23H20ClN5O2S. The molecule has 4 rings (SSSR count). The van der Waals surface area contributed by atoms with Gasteiger partial charge in [-0.25, -0.2) is 4.98 Å². The SMILES string of the molecule is Cc1nc(N[C@@H](C)c2cc3cc(Cl)c(O[C@H](C)c4ccccn4)cc3[nH]c2=O)sc1C#N. The number of nitriles is 1. The first-order valence-electron chi connectivity index (χ1n) is 9.94. The number of aromatic amines is 1. The van der Waals surface area contributed by atoms with Crippen molar-refractivity contribution in [2.75, 3.05) is 5.32 Å². The molecular weight excluding hydrogens is 446 g/mol. The zero-order chi connectivity index (χ0) is 22.8. The Kier molecular flexibility index (Phi) is 6.12. The Morgan fingerprint density at radius 2 is 2.09 bits per heavy atom. The number of fused-ring (bicyclic) bond motifs is 1. The van der Waals surface area contributed by atoms with E-state index >= 15 is 0 Å². The fraction of sp³-hybridized carbons (Fsp3) is 0.217. The molecule has 7 nitrogen and oxygen atoms in total. The molecule has 9 heteroatoms. The van der Waals surface area contributed by atoms with Crippen molar-refractivity contribution in [3.63, 3.8) is 0 Å². The van der Waals surface area contributed by atoms with Crippen molar-refractivity contribution in [2.24, 2.45) is 0 Å². The summed E-state index contributed by atoms with van der Waals surface area (Å²) in [5.74, 6) is 0.467. The number of thiazole rings is 1. The average molecular weight is 466 g/mol. The van der Waals surface area contributed by atoms with E-state index in [1.165, 1.54) is 11.3 Å². The van der Waals surface area contributed by atoms with Gasteiger partial charge in [-0.3, -0.25) is 9.78 Å². The van der Waals surface area contributed by atoms with E-state index in [0.29, 0.717) is 37.6 Å². The summed E-state index contributed by atoms with van der Waals surface area (Å²) in [6.07, 6.45) is 1.40. The quantitative estimate of drug-likeness (QED) is 0.388. The number of benzene rings is 1. The van der Waals surface area contributed by atoms with Crippen LogP contribution in [0.4, 0.5) is 5.13 Å². The molecule has 0 radical (unpaired) electrons. The third kappa shape index (κ3) is 4.44. The van der Waals surface area contributed by atoms with Gasteiger partial charge in [0.15, 0.2) is 5.13 Å². The monoisotopic (exact) mass is 465 g/mol. The van der Waals surface area contributed by atoms with Crippen molar-refractivity contribution in [3.8, 4) is 11.8 Å². The Labute approximate surface area is 193 Å². The van der Waals surface area contributed by atoms with Crippen LogP contribution in [0.25, 0.3) is 10.9 Å². The summed E-state index contributed by atoms with van der Waals surface area (Å²) >= 11 is 7.74. The standard InChI is InChI=1S/C23H20ClN5O2S/c1-12(27-23-28-13(2)21(11-25)32-23)16-8-15-9-17(24)20(10-19(15)29-22(16)30)31-14(3)18-6-4-5-7-26-18/h4-10,12,14H,1-3H3,(H,27,28)(H,29,30)/t12-,14+/m0/s1. The minimum absolute atomic E-state index is 0.225. The van der Waals surface area contributed by atoms with Crippen molar-refractivity contribution in [1.29, 1.82) is 5.26 Å². The molecule has 0 aliphatic carbocycles. The minimum atomic E-state index is -0.320. The van der Waals surface area contributed by atoms with Gasteiger partial charge in [-0.2, -0.15) is 5.26 Å². The molecule has 0 unspecified atom stereocenters. The molecule has 32 heavy (non-hydrogen) atoms. The van der Waals surface area contributed by atoms with Crippen molar-refractivity contribution in [2.45, 2.75) is 32.9 Å². The van der Waals surface area contributed by atoms with Crippen LogP contribution in [0, 0.1) is 18.3 Å². The molecule has 0 bridgehead atoms. The molecule has 0 fully saturated rings. The lowest BCUT2D eigenvalue weighted by molar-refractivity contribution is 0.222. The highest BCUT2D eigenvalue weighted by molar-refractivity contribution is 7.16. The molecule has 0 saturated carbocycles. The highest BCUT2D eigenvalue weighted by Crippen LogP contribution is 2.33. The summed E-state index contributed by atoms with van der Waals surface area (Å²) < 4.78 is 6.00. The second kappa shape index (κ2) is 8.99. The number of halogens is 1. The van der Waals surface area contributed by atoms with Crippen LogP contribution < -0.4 is 15.6 Å². The number of hydrogen-bond donors (Lipinski definition) is 2. The Balaban J connectivity index is 1.61. The van der Waals surface area contributed by atoms with Gasteiger partial charge in [-0.05, 0) is 45.0 Å². The van der Waals surface area contributed by atoms with Gasteiger partial charge in [0.05, 0.1) is 28.0 Å². The second-order valence-corrected chi connectivity index (χ2v) is 8.76. The van der Waals surface area contributed by atoms with E-state index in [0.717, 1.165) is 11.1 Å². The molecule has 4 aromatic rings. The molecule has 0 aliphatic rings. The number of nitrogens with one attached hydrogen (secondary N) is 2. The molecule has 2 N–H and O–H groups in total. The van der Waals surface area contributed by atoms with Gasteiger partial charge in [-0.15, -0.1) is 0 Å². The van der Waals surface area contributed by atoms with Crippen LogP contribution >= 0.6 is 22.9 Å². The Morgan fingerprint density at radius 1 is 1.28 bits per heavy atom. The molecule has 1 aromatic carbocycles. The van der Waals surface area contributed by atoms with Crippen LogP contribution in [0.2, 0.25) is 5.02 Å². The average Bonchev–Trinajstić information content (AvgIpc) is 3.13. The molecule has 3 heterocycles. The van der Waals surface area contributed by atoms with Crippen LogP contribution in [0.15, 0.2) is 47.4 Å². The summed E-state index contributed by atoms with van der Waals surface area (Å²) in [5.41, 5.74) is 2.38. The van der Waals surface area contributed by atoms with Gasteiger partial charge in [-0.1, -0.05) is 29.0 Å². The molecule has 0 aliphatic heterocycles. The zero-order valence-electron chi connectivity index (χ0n) is 17.6. The smallest absolute Gasteiger partial charge is 0.253 e. The maximum atomic E-state index is 12.8. The van der Waals surface area contributed by atoms with E-state index in [1.54, 1.807) is 31.3 Å².